The summed E-state index contributed by atoms with van der Waals surface area (Å²) in [6, 6.07) is 1.38. The molecule has 4 rings (SSSR count). The van der Waals surface area contributed by atoms with E-state index in [1.54, 1.807) is 10.9 Å². The number of fused-ring (bicyclic) bond motifs is 1. The van der Waals surface area contributed by atoms with Gasteiger partial charge in [0.25, 0.3) is 6.43 Å². The molecule has 0 amide bonds. The van der Waals surface area contributed by atoms with E-state index < -0.39 is 18.9 Å². The number of alkyl halides is 2. The van der Waals surface area contributed by atoms with Crippen molar-refractivity contribution in [1.29, 1.82) is 0 Å². The van der Waals surface area contributed by atoms with Gasteiger partial charge in [0.2, 0.25) is 0 Å². The predicted octanol–water partition coefficient (Wildman–Crippen LogP) is 3.52. The van der Waals surface area contributed by atoms with Crippen LogP contribution >= 0.6 is 0 Å². The Hall–Kier alpha value is -2.84. The van der Waals surface area contributed by atoms with E-state index in [2.05, 4.69) is 15.2 Å². The van der Waals surface area contributed by atoms with Crippen molar-refractivity contribution < 1.29 is 18.7 Å². The molecule has 0 unspecified atom stereocenters. The van der Waals surface area contributed by atoms with E-state index in [0.29, 0.717) is 23.5 Å². The highest BCUT2D eigenvalue weighted by atomic mass is 19.3. The Morgan fingerprint density at radius 3 is 2.67 bits per heavy atom. The number of carboxylic acids is 1. The van der Waals surface area contributed by atoms with Crippen LogP contribution in [-0.4, -0.2) is 35.6 Å². The molecule has 7 nitrogen and oxygen atoms in total. The summed E-state index contributed by atoms with van der Waals surface area (Å²) in [4.78, 5) is 15.8. The minimum absolute atomic E-state index is 0.0947. The van der Waals surface area contributed by atoms with Crippen LogP contribution in [0.2, 0.25) is 0 Å². The normalized spacial score (nSPS) is 14.4. The minimum Gasteiger partial charge on any atom is -0.480 e. The maximum Gasteiger partial charge on any atom is 0.325 e. The van der Waals surface area contributed by atoms with Gasteiger partial charge < -0.3 is 5.11 Å². The van der Waals surface area contributed by atoms with Crippen LogP contribution < -0.4 is 0 Å². The Labute approximate surface area is 153 Å². The fourth-order valence-corrected chi connectivity index (χ4v) is 3.44. The third kappa shape index (κ3) is 2.96. The molecule has 0 aromatic carbocycles. The van der Waals surface area contributed by atoms with Gasteiger partial charge in [0.15, 0.2) is 5.65 Å². The number of hydrogen-bond donors (Lipinski definition) is 1. The molecule has 1 saturated carbocycles. The van der Waals surface area contributed by atoms with E-state index in [0.717, 1.165) is 18.5 Å². The number of rotatable bonds is 6. The molecule has 3 aromatic heterocycles. The third-order valence-electron chi connectivity index (χ3n) is 4.92. The number of pyridine rings is 1. The zero-order valence-corrected chi connectivity index (χ0v) is 15.0. The molecule has 1 N–H and O–H groups in total. The molecule has 3 heterocycles. The summed E-state index contributed by atoms with van der Waals surface area (Å²) < 4.78 is 30.8. The highest BCUT2D eigenvalue weighted by Crippen LogP contribution is 2.45. The van der Waals surface area contributed by atoms with Gasteiger partial charge in [-0.1, -0.05) is 0 Å². The number of aryl methyl sites for hydroxylation is 1. The molecule has 142 valence electrons. The molecule has 0 bridgehead atoms. The Kier molecular flexibility index (Phi) is 4.16. The van der Waals surface area contributed by atoms with E-state index in [9.17, 15) is 18.7 Å². The van der Waals surface area contributed by atoms with Crippen LogP contribution in [0.5, 0.6) is 0 Å². The van der Waals surface area contributed by atoms with E-state index in [1.165, 1.54) is 10.7 Å². The highest BCUT2D eigenvalue weighted by molar-refractivity contribution is 5.87. The van der Waals surface area contributed by atoms with Gasteiger partial charge in [-0.3, -0.25) is 9.48 Å². The van der Waals surface area contributed by atoms with Crippen LogP contribution in [0.3, 0.4) is 0 Å². The molecule has 1 aliphatic carbocycles. The van der Waals surface area contributed by atoms with Crippen molar-refractivity contribution in [2.45, 2.75) is 52.1 Å². The lowest BCUT2D eigenvalue weighted by Crippen LogP contribution is -2.11. The summed E-state index contributed by atoms with van der Waals surface area (Å²) in [7, 11) is 0. The Bertz CT molecular complexity index is 1040. The molecule has 1 aliphatic rings. The fraction of sp³-hybridized carbons (Fsp3) is 0.444. The molecular formula is C18H19F2N5O2. The summed E-state index contributed by atoms with van der Waals surface area (Å²) in [5, 5.41) is 18.1. The fourth-order valence-electron chi connectivity index (χ4n) is 3.44. The van der Waals surface area contributed by atoms with Gasteiger partial charge >= 0.3 is 5.97 Å². The quantitative estimate of drug-likeness (QED) is 0.712. The maximum absolute atomic E-state index is 13.9. The number of carboxylic acid groups (broad SMARTS) is 1. The Morgan fingerprint density at radius 2 is 2.11 bits per heavy atom. The first kappa shape index (κ1) is 17.6. The number of carbonyl (C=O) groups is 1. The molecule has 0 radical (unpaired) electrons. The molecule has 1 fully saturated rings. The molecule has 9 heteroatoms. The van der Waals surface area contributed by atoms with E-state index >= 15 is 0 Å². The third-order valence-corrected chi connectivity index (χ3v) is 4.92. The smallest absolute Gasteiger partial charge is 0.325 e. The van der Waals surface area contributed by atoms with Crippen molar-refractivity contribution in [3.8, 4) is 11.3 Å². The van der Waals surface area contributed by atoms with Gasteiger partial charge in [0.05, 0.1) is 23.0 Å². The van der Waals surface area contributed by atoms with Gasteiger partial charge in [-0.05, 0) is 32.8 Å². The summed E-state index contributed by atoms with van der Waals surface area (Å²) in [5.41, 5.74) is 2.38. The second-order valence-electron chi connectivity index (χ2n) is 6.77. The standard InChI is InChI=1S/C18H19F2N5O2/c1-3-24-9(2)12(7-21-24)13-6-11(17(19)20)15-16(10-4-5-10)23-25(8-14(26)27)18(15)22-13/h6-7,10,17H,3-5,8H2,1-2H3,(H,26,27). The molecule has 0 saturated heterocycles. The molecule has 0 atom stereocenters. The largest absolute Gasteiger partial charge is 0.480 e. The monoisotopic (exact) mass is 375 g/mol. The molecule has 3 aromatic rings. The van der Waals surface area contributed by atoms with Gasteiger partial charge in [-0.15, -0.1) is 0 Å². The average Bonchev–Trinajstić information content (AvgIpc) is 3.31. The number of aliphatic carboxylic acids is 1. The number of hydrogen-bond acceptors (Lipinski definition) is 4. The van der Waals surface area contributed by atoms with Crippen LogP contribution in [0.15, 0.2) is 12.3 Å². The number of nitrogens with zero attached hydrogens (tertiary/aromatic N) is 5. The summed E-state index contributed by atoms with van der Waals surface area (Å²) in [5.74, 6) is -1.00. The van der Waals surface area contributed by atoms with Crippen LogP contribution in [0.25, 0.3) is 22.3 Å². The van der Waals surface area contributed by atoms with Gasteiger partial charge in [0, 0.05) is 29.3 Å². The van der Waals surface area contributed by atoms with Crippen LogP contribution in [-0.2, 0) is 17.9 Å². The summed E-state index contributed by atoms with van der Waals surface area (Å²) >= 11 is 0. The van der Waals surface area contributed by atoms with E-state index in [4.69, 9.17) is 0 Å². The van der Waals surface area contributed by atoms with Crippen molar-refractivity contribution in [2.75, 3.05) is 0 Å². The van der Waals surface area contributed by atoms with Crippen LogP contribution in [0.1, 0.15) is 49.1 Å². The molecule has 27 heavy (non-hydrogen) atoms. The Balaban J connectivity index is 1.99. The van der Waals surface area contributed by atoms with Gasteiger partial charge in [-0.2, -0.15) is 10.2 Å². The predicted molar refractivity (Wildman–Crippen MR) is 93.7 cm³/mol. The Morgan fingerprint density at radius 1 is 1.37 bits per heavy atom. The molecule has 0 spiro atoms. The molecule has 0 aliphatic heterocycles. The van der Waals surface area contributed by atoms with Crippen LogP contribution in [0, 0.1) is 6.92 Å². The van der Waals surface area contributed by atoms with Crippen molar-refractivity contribution in [3.05, 3.63) is 29.2 Å². The van der Waals surface area contributed by atoms with Gasteiger partial charge in [-0.25, -0.2) is 18.4 Å². The first-order chi connectivity index (χ1) is 12.9. The topological polar surface area (TPSA) is 85.8 Å². The van der Waals surface area contributed by atoms with Crippen molar-refractivity contribution in [3.63, 3.8) is 0 Å². The van der Waals surface area contributed by atoms with Crippen molar-refractivity contribution in [1.82, 2.24) is 24.5 Å². The van der Waals surface area contributed by atoms with Crippen molar-refractivity contribution in [2.24, 2.45) is 0 Å². The SMILES string of the molecule is CCn1ncc(-c2cc(C(F)F)c3c(C4CC4)nn(CC(=O)O)c3n2)c1C. The lowest BCUT2D eigenvalue weighted by Gasteiger charge is -2.08. The second-order valence-corrected chi connectivity index (χ2v) is 6.77. The first-order valence-electron chi connectivity index (χ1n) is 8.84. The maximum atomic E-state index is 13.9. The average molecular weight is 375 g/mol. The number of aromatic nitrogens is 5. The minimum atomic E-state index is -2.71. The van der Waals surface area contributed by atoms with Gasteiger partial charge in [0.1, 0.15) is 6.54 Å². The lowest BCUT2D eigenvalue weighted by molar-refractivity contribution is -0.137. The van der Waals surface area contributed by atoms with E-state index in [1.807, 2.05) is 13.8 Å². The summed E-state index contributed by atoms with van der Waals surface area (Å²) in [6.45, 7) is 4.02. The lowest BCUT2D eigenvalue weighted by atomic mass is 10.0. The van der Waals surface area contributed by atoms with Crippen molar-refractivity contribution >= 4 is 17.0 Å². The zero-order valence-electron chi connectivity index (χ0n) is 15.0. The van der Waals surface area contributed by atoms with Crippen LogP contribution in [0.4, 0.5) is 8.78 Å². The molecular weight excluding hydrogens is 356 g/mol. The summed E-state index contributed by atoms with van der Waals surface area (Å²) in [6.07, 6.45) is 0.621. The van der Waals surface area contributed by atoms with E-state index in [-0.39, 0.29) is 22.5 Å². The first-order valence-corrected chi connectivity index (χ1v) is 8.84. The second kappa shape index (κ2) is 6.40. The highest BCUT2D eigenvalue weighted by Gasteiger charge is 2.33. The zero-order chi connectivity index (χ0) is 19.3. The number of halogens is 2.